The van der Waals surface area contributed by atoms with Crippen molar-refractivity contribution in [1.29, 1.82) is 0 Å². The quantitative estimate of drug-likeness (QED) is 0.591. The second-order valence-corrected chi connectivity index (χ2v) is 8.20. The molecule has 140 valence electrons. The number of hydrogen-bond acceptors (Lipinski definition) is 6. The van der Waals surface area contributed by atoms with Gasteiger partial charge in [-0.2, -0.15) is 0 Å². The summed E-state index contributed by atoms with van der Waals surface area (Å²) in [6.45, 7) is 2.26. The van der Waals surface area contributed by atoms with E-state index in [4.69, 9.17) is 0 Å². The first kappa shape index (κ1) is 19.3. The Morgan fingerprint density at radius 2 is 2.04 bits per heavy atom. The van der Waals surface area contributed by atoms with Gasteiger partial charge in [0.05, 0.1) is 5.75 Å². The first-order chi connectivity index (χ1) is 13.0. The molecule has 0 unspecified atom stereocenters. The lowest BCUT2D eigenvalue weighted by atomic mass is 10.2. The van der Waals surface area contributed by atoms with E-state index in [0.29, 0.717) is 15.0 Å². The number of hydrogen-bond donors (Lipinski definition) is 1. The van der Waals surface area contributed by atoms with Crippen LogP contribution in [-0.4, -0.2) is 33.8 Å². The van der Waals surface area contributed by atoms with Gasteiger partial charge >= 0.3 is 0 Å². The number of anilines is 2. The highest BCUT2D eigenvalue weighted by Crippen LogP contribution is 2.28. The summed E-state index contributed by atoms with van der Waals surface area (Å²) < 4.78 is 14.4. The summed E-state index contributed by atoms with van der Waals surface area (Å²) in [6.07, 6.45) is 0. The molecule has 0 fully saturated rings. The standard InChI is InChI=1S/C19H19FN4OS2/c1-13-6-5-8-15(10-13)21-18-22-23-19(27-18)26-12-17(25)24(2)11-14-7-3-4-9-16(14)20/h3-10H,11-12H2,1-2H3,(H,21,22). The van der Waals surface area contributed by atoms with E-state index in [2.05, 4.69) is 15.5 Å². The van der Waals surface area contributed by atoms with E-state index >= 15 is 0 Å². The van der Waals surface area contributed by atoms with Gasteiger partial charge in [-0.1, -0.05) is 53.4 Å². The van der Waals surface area contributed by atoms with Crippen LogP contribution in [0.15, 0.2) is 52.9 Å². The lowest BCUT2D eigenvalue weighted by Crippen LogP contribution is -2.28. The summed E-state index contributed by atoms with van der Waals surface area (Å²) >= 11 is 2.72. The van der Waals surface area contributed by atoms with Gasteiger partial charge in [0.15, 0.2) is 4.34 Å². The number of nitrogens with zero attached hydrogens (tertiary/aromatic N) is 3. The molecular formula is C19H19FN4OS2. The molecule has 3 rings (SSSR count). The lowest BCUT2D eigenvalue weighted by Gasteiger charge is -2.17. The average Bonchev–Trinajstić information content (AvgIpc) is 3.09. The van der Waals surface area contributed by atoms with Crippen molar-refractivity contribution in [3.05, 3.63) is 65.5 Å². The fourth-order valence-electron chi connectivity index (χ4n) is 2.37. The molecule has 0 aliphatic carbocycles. The molecule has 0 aliphatic heterocycles. The number of benzene rings is 2. The number of halogens is 1. The molecule has 5 nitrogen and oxygen atoms in total. The van der Waals surface area contributed by atoms with Crippen LogP contribution >= 0.6 is 23.1 Å². The molecule has 3 aromatic rings. The smallest absolute Gasteiger partial charge is 0.233 e. The Morgan fingerprint density at radius 1 is 1.22 bits per heavy atom. The van der Waals surface area contributed by atoms with Crippen LogP contribution in [0.1, 0.15) is 11.1 Å². The molecule has 27 heavy (non-hydrogen) atoms. The van der Waals surface area contributed by atoms with Crippen LogP contribution < -0.4 is 5.32 Å². The summed E-state index contributed by atoms with van der Waals surface area (Å²) in [7, 11) is 1.67. The molecule has 1 heterocycles. The van der Waals surface area contributed by atoms with Gasteiger partial charge in [-0.25, -0.2) is 4.39 Å². The van der Waals surface area contributed by atoms with E-state index in [1.165, 1.54) is 34.1 Å². The molecular weight excluding hydrogens is 383 g/mol. The molecule has 0 atom stereocenters. The van der Waals surface area contributed by atoms with Gasteiger partial charge < -0.3 is 10.2 Å². The van der Waals surface area contributed by atoms with Crippen LogP contribution in [0.3, 0.4) is 0 Å². The molecule has 2 aromatic carbocycles. The van der Waals surface area contributed by atoms with E-state index in [0.717, 1.165) is 11.3 Å². The Bertz CT molecular complexity index is 931. The average molecular weight is 403 g/mol. The third-order valence-corrected chi connectivity index (χ3v) is 5.74. The van der Waals surface area contributed by atoms with Crippen molar-refractivity contribution in [2.75, 3.05) is 18.1 Å². The van der Waals surface area contributed by atoms with E-state index < -0.39 is 0 Å². The van der Waals surface area contributed by atoms with Crippen LogP contribution in [0.2, 0.25) is 0 Å². The van der Waals surface area contributed by atoms with E-state index in [-0.39, 0.29) is 24.0 Å². The van der Waals surface area contributed by atoms with E-state index in [9.17, 15) is 9.18 Å². The second-order valence-electron chi connectivity index (χ2n) is 6.00. The highest BCUT2D eigenvalue weighted by atomic mass is 32.2. The molecule has 0 aliphatic rings. The summed E-state index contributed by atoms with van der Waals surface area (Å²) in [4.78, 5) is 13.8. The van der Waals surface area contributed by atoms with Crippen molar-refractivity contribution in [2.24, 2.45) is 0 Å². The molecule has 0 saturated carbocycles. The molecule has 0 bridgehead atoms. The minimum absolute atomic E-state index is 0.0911. The van der Waals surface area contributed by atoms with Gasteiger partial charge in [0.1, 0.15) is 5.82 Å². The van der Waals surface area contributed by atoms with Gasteiger partial charge in [0.25, 0.3) is 0 Å². The van der Waals surface area contributed by atoms with Crippen LogP contribution in [0, 0.1) is 12.7 Å². The van der Waals surface area contributed by atoms with Crippen molar-refractivity contribution in [1.82, 2.24) is 15.1 Å². The Hall–Kier alpha value is -2.45. The number of carbonyl (C=O) groups is 1. The third-order valence-electron chi connectivity index (χ3n) is 3.79. The lowest BCUT2D eigenvalue weighted by molar-refractivity contribution is -0.127. The monoisotopic (exact) mass is 402 g/mol. The minimum Gasteiger partial charge on any atom is -0.341 e. The number of aromatic nitrogens is 2. The number of amides is 1. The maximum absolute atomic E-state index is 13.7. The molecule has 0 radical (unpaired) electrons. The Balaban J connectivity index is 1.52. The van der Waals surface area contributed by atoms with Gasteiger partial charge in [-0.05, 0) is 30.7 Å². The summed E-state index contributed by atoms with van der Waals surface area (Å²) in [5, 5.41) is 12.1. The van der Waals surface area contributed by atoms with E-state index in [1.54, 1.807) is 25.2 Å². The third kappa shape index (κ3) is 5.51. The normalized spacial score (nSPS) is 10.6. The van der Waals surface area contributed by atoms with Crippen molar-refractivity contribution < 1.29 is 9.18 Å². The van der Waals surface area contributed by atoms with Gasteiger partial charge in [0.2, 0.25) is 11.0 Å². The van der Waals surface area contributed by atoms with Crippen LogP contribution in [0.5, 0.6) is 0 Å². The van der Waals surface area contributed by atoms with Gasteiger partial charge in [-0.3, -0.25) is 4.79 Å². The second kappa shape index (κ2) is 8.96. The zero-order valence-corrected chi connectivity index (χ0v) is 16.6. The highest BCUT2D eigenvalue weighted by molar-refractivity contribution is 8.01. The van der Waals surface area contributed by atoms with Crippen molar-refractivity contribution >= 4 is 39.8 Å². The molecule has 8 heteroatoms. The fourth-order valence-corrected chi connectivity index (χ4v) is 4.08. The summed E-state index contributed by atoms with van der Waals surface area (Å²) in [6, 6.07) is 14.4. The largest absolute Gasteiger partial charge is 0.341 e. The maximum atomic E-state index is 13.7. The number of carbonyl (C=O) groups excluding carboxylic acids is 1. The predicted molar refractivity (Wildman–Crippen MR) is 108 cm³/mol. The van der Waals surface area contributed by atoms with Crippen molar-refractivity contribution in [2.45, 2.75) is 17.8 Å². The zero-order chi connectivity index (χ0) is 19.2. The number of nitrogens with one attached hydrogen (secondary N) is 1. The first-order valence-electron chi connectivity index (χ1n) is 8.28. The summed E-state index contributed by atoms with van der Waals surface area (Å²) in [5.41, 5.74) is 2.60. The number of rotatable bonds is 7. The fraction of sp³-hybridized carbons (Fsp3) is 0.211. The molecule has 0 saturated heterocycles. The van der Waals surface area contributed by atoms with Crippen LogP contribution in [0.4, 0.5) is 15.2 Å². The molecule has 1 amide bonds. The molecule has 1 N–H and O–H groups in total. The minimum atomic E-state index is -0.305. The maximum Gasteiger partial charge on any atom is 0.233 e. The number of thioether (sulfide) groups is 1. The topological polar surface area (TPSA) is 58.1 Å². The number of aryl methyl sites for hydroxylation is 1. The van der Waals surface area contributed by atoms with Crippen LogP contribution in [-0.2, 0) is 11.3 Å². The first-order valence-corrected chi connectivity index (χ1v) is 10.1. The van der Waals surface area contributed by atoms with Gasteiger partial charge in [0, 0.05) is 24.8 Å². The molecule has 1 aromatic heterocycles. The zero-order valence-electron chi connectivity index (χ0n) is 15.0. The summed E-state index contributed by atoms with van der Waals surface area (Å²) in [5.74, 6) is -0.170. The van der Waals surface area contributed by atoms with Crippen LogP contribution in [0.25, 0.3) is 0 Å². The van der Waals surface area contributed by atoms with Gasteiger partial charge in [-0.15, -0.1) is 10.2 Å². The SMILES string of the molecule is Cc1cccc(Nc2nnc(SCC(=O)N(C)Cc3ccccc3F)s2)c1. The highest BCUT2D eigenvalue weighted by Gasteiger charge is 2.14. The molecule has 0 spiro atoms. The van der Waals surface area contributed by atoms with E-state index in [1.807, 2.05) is 31.2 Å². The Kier molecular flexibility index (Phi) is 6.41. The Morgan fingerprint density at radius 3 is 2.81 bits per heavy atom. The predicted octanol–water partition coefficient (Wildman–Crippen LogP) is 4.48. The van der Waals surface area contributed by atoms with Crippen molar-refractivity contribution in [3.63, 3.8) is 0 Å². The Labute approximate surface area is 165 Å². The van der Waals surface area contributed by atoms with Crippen molar-refractivity contribution in [3.8, 4) is 0 Å².